The molecule has 1 aromatic heterocycles. The molecule has 1 atom stereocenters. The van der Waals surface area contributed by atoms with Crippen LogP contribution in [0.4, 0.5) is 0 Å². The van der Waals surface area contributed by atoms with Gasteiger partial charge in [-0.3, -0.25) is 4.79 Å². The third-order valence-corrected chi connectivity index (χ3v) is 5.11. The smallest absolute Gasteiger partial charge is 0.263 e. The SMILES string of the molecule is Cc1cc(OC(C)C(=O)N2CCC(n3cncn3)CC2)ccc1C(C)C. The van der Waals surface area contributed by atoms with Crippen molar-refractivity contribution >= 4 is 5.91 Å². The van der Waals surface area contributed by atoms with Gasteiger partial charge in [-0.1, -0.05) is 19.9 Å². The largest absolute Gasteiger partial charge is 0.481 e. The van der Waals surface area contributed by atoms with Crippen LogP contribution in [0.1, 0.15) is 56.7 Å². The van der Waals surface area contributed by atoms with Crippen molar-refractivity contribution in [1.82, 2.24) is 19.7 Å². The normalized spacial score (nSPS) is 16.7. The Bertz CT molecular complexity index is 734. The van der Waals surface area contributed by atoms with Crippen LogP contribution in [0.5, 0.6) is 5.75 Å². The van der Waals surface area contributed by atoms with Crippen molar-refractivity contribution in [3.8, 4) is 5.75 Å². The minimum absolute atomic E-state index is 0.0487. The summed E-state index contributed by atoms with van der Waals surface area (Å²) < 4.78 is 7.81. The molecule has 0 saturated carbocycles. The first kappa shape index (κ1) is 18.4. The van der Waals surface area contributed by atoms with E-state index in [0.717, 1.165) is 31.7 Å². The van der Waals surface area contributed by atoms with Gasteiger partial charge in [0.05, 0.1) is 6.04 Å². The Labute approximate surface area is 155 Å². The quantitative estimate of drug-likeness (QED) is 0.824. The minimum Gasteiger partial charge on any atom is -0.481 e. The summed E-state index contributed by atoms with van der Waals surface area (Å²) >= 11 is 0. The lowest BCUT2D eigenvalue weighted by Crippen LogP contribution is -2.45. The fourth-order valence-electron chi connectivity index (χ4n) is 3.64. The molecule has 1 aliphatic rings. The number of ether oxygens (including phenoxy) is 1. The molecule has 140 valence electrons. The predicted octanol–water partition coefficient (Wildman–Crippen LogP) is 3.34. The van der Waals surface area contributed by atoms with Crippen molar-refractivity contribution in [3.05, 3.63) is 42.0 Å². The maximum absolute atomic E-state index is 12.7. The number of amides is 1. The van der Waals surface area contributed by atoms with E-state index in [1.54, 1.807) is 12.7 Å². The van der Waals surface area contributed by atoms with Crippen LogP contribution in [0.3, 0.4) is 0 Å². The minimum atomic E-state index is -0.484. The molecule has 1 amide bonds. The number of benzene rings is 1. The van der Waals surface area contributed by atoms with Gasteiger partial charge in [0.2, 0.25) is 0 Å². The number of aromatic nitrogens is 3. The summed E-state index contributed by atoms with van der Waals surface area (Å²) in [6.45, 7) is 9.72. The van der Waals surface area contributed by atoms with Gasteiger partial charge in [0.1, 0.15) is 18.4 Å². The third kappa shape index (κ3) is 4.06. The molecule has 0 spiro atoms. The van der Waals surface area contributed by atoms with Crippen LogP contribution in [0.25, 0.3) is 0 Å². The van der Waals surface area contributed by atoms with E-state index in [2.05, 4.69) is 36.9 Å². The highest BCUT2D eigenvalue weighted by Crippen LogP contribution is 2.25. The average Bonchev–Trinajstić information content (AvgIpc) is 3.15. The molecular weight excluding hydrogens is 328 g/mol. The Morgan fingerprint density at radius 1 is 1.23 bits per heavy atom. The summed E-state index contributed by atoms with van der Waals surface area (Å²) in [5, 5.41) is 4.21. The van der Waals surface area contributed by atoms with Gasteiger partial charge in [0, 0.05) is 13.1 Å². The number of rotatable bonds is 5. The van der Waals surface area contributed by atoms with Gasteiger partial charge in [-0.2, -0.15) is 5.10 Å². The first-order chi connectivity index (χ1) is 12.5. The zero-order valence-corrected chi connectivity index (χ0v) is 16.1. The zero-order valence-electron chi connectivity index (χ0n) is 16.1. The van der Waals surface area contributed by atoms with Gasteiger partial charge in [-0.15, -0.1) is 0 Å². The maximum Gasteiger partial charge on any atom is 0.263 e. The monoisotopic (exact) mass is 356 g/mol. The summed E-state index contributed by atoms with van der Waals surface area (Å²) in [7, 11) is 0. The first-order valence-corrected chi connectivity index (χ1v) is 9.35. The van der Waals surface area contributed by atoms with Gasteiger partial charge < -0.3 is 9.64 Å². The lowest BCUT2D eigenvalue weighted by Gasteiger charge is -2.33. The molecule has 0 radical (unpaired) electrons. The topological polar surface area (TPSA) is 60.2 Å². The summed E-state index contributed by atoms with van der Waals surface area (Å²) in [5.74, 6) is 1.28. The van der Waals surface area contributed by atoms with E-state index >= 15 is 0 Å². The van der Waals surface area contributed by atoms with E-state index in [0.29, 0.717) is 12.0 Å². The Balaban J connectivity index is 1.56. The van der Waals surface area contributed by atoms with Gasteiger partial charge in [0.15, 0.2) is 6.10 Å². The van der Waals surface area contributed by atoms with Crippen molar-refractivity contribution in [2.75, 3.05) is 13.1 Å². The van der Waals surface area contributed by atoms with Gasteiger partial charge in [0.25, 0.3) is 5.91 Å². The highest BCUT2D eigenvalue weighted by atomic mass is 16.5. The lowest BCUT2D eigenvalue weighted by atomic mass is 9.98. The molecular formula is C20H28N4O2. The second kappa shape index (κ2) is 7.89. The molecule has 1 aromatic carbocycles. The highest BCUT2D eigenvalue weighted by Gasteiger charge is 2.28. The molecule has 6 heteroatoms. The predicted molar refractivity (Wildman–Crippen MR) is 100 cm³/mol. The molecule has 1 unspecified atom stereocenters. The van der Waals surface area contributed by atoms with Crippen LogP contribution in [-0.2, 0) is 4.79 Å². The third-order valence-electron chi connectivity index (χ3n) is 5.11. The van der Waals surface area contributed by atoms with Crippen LogP contribution in [0.2, 0.25) is 0 Å². The van der Waals surface area contributed by atoms with E-state index in [4.69, 9.17) is 4.74 Å². The highest BCUT2D eigenvalue weighted by molar-refractivity contribution is 5.81. The average molecular weight is 356 g/mol. The number of carbonyl (C=O) groups is 1. The van der Waals surface area contributed by atoms with Crippen LogP contribution in [-0.4, -0.2) is 44.8 Å². The summed E-state index contributed by atoms with van der Waals surface area (Å²) in [4.78, 5) is 18.6. The van der Waals surface area contributed by atoms with Crippen molar-refractivity contribution < 1.29 is 9.53 Å². The maximum atomic E-state index is 12.7. The number of hydrogen-bond acceptors (Lipinski definition) is 4. The molecule has 26 heavy (non-hydrogen) atoms. The van der Waals surface area contributed by atoms with Crippen molar-refractivity contribution in [3.63, 3.8) is 0 Å². The van der Waals surface area contributed by atoms with Gasteiger partial charge >= 0.3 is 0 Å². The number of likely N-dealkylation sites (tertiary alicyclic amines) is 1. The van der Waals surface area contributed by atoms with Crippen LogP contribution in [0.15, 0.2) is 30.9 Å². The van der Waals surface area contributed by atoms with E-state index in [-0.39, 0.29) is 5.91 Å². The fourth-order valence-corrected chi connectivity index (χ4v) is 3.64. The second-order valence-electron chi connectivity index (χ2n) is 7.37. The van der Waals surface area contributed by atoms with Crippen LogP contribution < -0.4 is 4.74 Å². The number of aryl methyl sites for hydroxylation is 1. The molecule has 3 rings (SSSR count). The first-order valence-electron chi connectivity index (χ1n) is 9.35. The Kier molecular flexibility index (Phi) is 5.59. The standard InChI is InChI=1S/C20H28N4O2/c1-14(2)19-6-5-18(11-15(19)3)26-16(4)20(25)23-9-7-17(8-10-23)24-13-21-12-22-24/h5-6,11-14,16-17H,7-10H2,1-4H3. The second-order valence-corrected chi connectivity index (χ2v) is 7.37. The molecule has 0 N–H and O–H groups in total. The van der Waals surface area contributed by atoms with E-state index in [1.165, 1.54) is 11.1 Å². The van der Waals surface area contributed by atoms with Crippen LogP contribution >= 0.6 is 0 Å². The van der Waals surface area contributed by atoms with Gasteiger partial charge in [-0.25, -0.2) is 9.67 Å². The Morgan fingerprint density at radius 2 is 1.96 bits per heavy atom. The lowest BCUT2D eigenvalue weighted by molar-refractivity contribution is -0.139. The van der Waals surface area contributed by atoms with Crippen LogP contribution in [0, 0.1) is 6.92 Å². The molecule has 0 aliphatic carbocycles. The summed E-state index contributed by atoms with van der Waals surface area (Å²) in [6, 6.07) is 6.40. The van der Waals surface area contributed by atoms with Crippen molar-refractivity contribution in [2.45, 2.75) is 58.6 Å². The Hall–Kier alpha value is -2.37. The number of piperidine rings is 1. The van der Waals surface area contributed by atoms with E-state index < -0.39 is 6.10 Å². The van der Waals surface area contributed by atoms with E-state index in [1.807, 2.05) is 28.6 Å². The summed E-state index contributed by atoms with van der Waals surface area (Å²) in [6.07, 6.45) is 4.60. The number of nitrogens with zero attached hydrogens (tertiary/aromatic N) is 4. The molecule has 6 nitrogen and oxygen atoms in total. The molecule has 0 bridgehead atoms. The molecule has 1 aliphatic heterocycles. The van der Waals surface area contributed by atoms with Crippen molar-refractivity contribution in [1.29, 1.82) is 0 Å². The number of hydrogen-bond donors (Lipinski definition) is 0. The molecule has 2 heterocycles. The molecule has 1 fully saturated rings. The zero-order chi connectivity index (χ0) is 18.7. The number of carbonyl (C=O) groups excluding carboxylic acids is 1. The van der Waals surface area contributed by atoms with E-state index in [9.17, 15) is 4.79 Å². The Morgan fingerprint density at radius 3 is 2.54 bits per heavy atom. The molecule has 2 aromatic rings. The van der Waals surface area contributed by atoms with Crippen molar-refractivity contribution in [2.24, 2.45) is 0 Å². The molecule has 1 saturated heterocycles. The summed E-state index contributed by atoms with van der Waals surface area (Å²) in [5.41, 5.74) is 2.51. The van der Waals surface area contributed by atoms with Gasteiger partial charge in [-0.05, 0) is 55.9 Å². The fraction of sp³-hybridized carbons (Fsp3) is 0.550.